The molecule has 0 saturated carbocycles. The van der Waals surface area contributed by atoms with Crippen LogP contribution in [0.25, 0.3) is 0 Å². The third kappa shape index (κ3) is 6.66. The lowest BCUT2D eigenvalue weighted by Gasteiger charge is -2.22. The van der Waals surface area contributed by atoms with Crippen LogP contribution in [0.3, 0.4) is 0 Å². The molecule has 0 fully saturated rings. The fourth-order valence-corrected chi connectivity index (χ4v) is 5.40. The summed E-state index contributed by atoms with van der Waals surface area (Å²) in [5.41, 5.74) is 2.95. The largest absolute Gasteiger partial charge is 0.497 e. The second-order valence-electron chi connectivity index (χ2n) is 9.22. The molecule has 0 unspecified atom stereocenters. The number of hydrazone groups is 1. The van der Waals surface area contributed by atoms with Gasteiger partial charge in [0.25, 0.3) is 11.8 Å². The van der Waals surface area contributed by atoms with E-state index in [9.17, 15) is 14.0 Å². The number of halogens is 2. The van der Waals surface area contributed by atoms with Gasteiger partial charge in [-0.15, -0.1) is 10.2 Å². The minimum atomic E-state index is -0.486. The third-order valence-electron chi connectivity index (χ3n) is 6.59. The maximum atomic E-state index is 13.5. The number of hydrogen-bond donors (Lipinski definition) is 1. The number of carbonyl (C=O) groups is 2. The van der Waals surface area contributed by atoms with Crippen LogP contribution in [0.1, 0.15) is 39.8 Å². The number of hydrogen-bond acceptors (Lipinski definition) is 7. The monoisotopic (exact) mass is 636 g/mol. The van der Waals surface area contributed by atoms with Crippen molar-refractivity contribution in [3.05, 3.63) is 106 Å². The number of benzene rings is 3. The van der Waals surface area contributed by atoms with E-state index in [4.69, 9.17) is 9.84 Å². The quantitative estimate of drug-likeness (QED) is 0.256. The highest BCUT2D eigenvalue weighted by atomic mass is 79.9. The molecule has 0 radical (unpaired) electrons. The molecule has 3 aromatic carbocycles. The van der Waals surface area contributed by atoms with E-state index in [1.165, 1.54) is 36.0 Å². The van der Waals surface area contributed by atoms with Crippen molar-refractivity contribution in [1.29, 1.82) is 0 Å². The molecular formula is C29H26BrFN6O3S. The van der Waals surface area contributed by atoms with Crippen LogP contribution >= 0.6 is 27.7 Å². The molecule has 1 atom stereocenters. The molecule has 41 heavy (non-hydrogen) atoms. The molecule has 4 aromatic rings. The van der Waals surface area contributed by atoms with Gasteiger partial charge in [0, 0.05) is 23.5 Å². The number of carbonyl (C=O) groups excluding carboxylic acids is 2. The van der Waals surface area contributed by atoms with Crippen LogP contribution in [0.15, 0.2) is 87.5 Å². The van der Waals surface area contributed by atoms with Gasteiger partial charge in [-0.05, 0) is 53.6 Å². The van der Waals surface area contributed by atoms with E-state index in [0.29, 0.717) is 17.4 Å². The van der Waals surface area contributed by atoms with Crippen molar-refractivity contribution < 1.29 is 18.7 Å². The number of methoxy groups -OCH3 is 1. The van der Waals surface area contributed by atoms with Crippen LogP contribution in [0.5, 0.6) is 5.75 Å². The lowest BCUT2D eigenvalue weighted by atomic mass is 9.98. The van der Waals surface area contributed by atoms with E-state index in [1.807, 2.05) is 48.5 Å². The van der Waals surface area contributed by atoms with Gasteiger partial charge in [0.2, 0.25) is 0 Å². The molecule has 12 heteroatoms. The molecule has 0 aliphatic carbocycles. The Kier molecular flexibility index (Phi) is 8.79. The summed E-state index contributed by atoms with van der Waals surface area (Å²) in [6.07, 6.45) is 0.573. The Morgan fingerprint density at radius 2 is 1.85 bits per heavy atom. The summed E-state index contributed by atoms with van der Waals surface area (Å²) in [6, 6.07) is 20.7. The number of ether oxygens (including phenoxy) is 1. The van der Waals surface area contributed by atoms with Crippen molar-refractivity contribution in [3.63, 3.8) is 0 Å². The second-order valence-corrected chi connectivity index (χ2v) is 11.1. The average Bonchev–Trinajstić information content (AvgIpc) is 3.59. The molecule has 1 aromatic heterocycles. The molecule has 5 rings (SSSR count). The molecule has 0 spiro atoms. The van der Waals surface area contributed by atoms with Gasteiger partial charge in [0.1, 0.15) is 11.6 Å². The van der Waals surface area contributed by atoms with Gasteiger partial charge in [0.05, 0.1) is 31.2 Å². The number of aromatic nitrogens is 3. The number of nitrogens with zero attached hydrogens (tertiary/aromatic N) is 5. The third-order valence-corrected chi connectivity index (χ3v) is 8.12. The zero-order valence-corrected chi connectivity index (χ0v) is 24.7. The van der Waals surface area contributed by atoms with Gasteiger partial charge >= 0.3 is 0 Å². The SMILES string of the molecule is COc1ccc([C@@H]2CC(c3ccc(Br)cc3)=NN2C(=O)CSc2nnc(CNC(=O)c3cccc(F)c3)n2C)cc1. The average molecular weight is 638 g/mol. The van der Waals surface area contributed by atoms with Crippen molar-refractivity contribution in [2.24, 2.45) is 12.1 Å². The zero-order valence-electron chi connectivity index (χ0n) is 22.3. The summed E-state index contributed by atoms with van der Waals surface area (Å²) in [4.78, 5) is 25.9. The van der Waals surface area contributed by atoms with E-state index in [0.717, 1.165) is 27.1 Å². The Morgan fingerprint density at radius 1 is 1.10 bits per heavy atom. The minimum Gasteiger partial charge on any atom is -0.497 e. The van der Waals surface area contributed by atoms with Gasteiger partial charge in [0.15, 0.2) is 11.0 Å². The van der Waals surface area contributed by atoms with Crippen molar-refractivity contribution in [2.75, 3.05) is 12.9 Å². The maximum Gasteiger partial charge on any atom is 0.253 e. The number of amides is 2. The Bertz CT molecular complexity index is 1590. The van der Waals surface area contributed by atoms with Crippen LogP contribution in [0, 0.1) is 5.82 Å². The lowest BCUT2D eigenvalue weighted by molar-refractivity contribution is -0.130. The first-order chi connectivity index (χ1) is 19.8. The van der Waals surface area contributed by atoms with E-state index in [-0.39, 0.29) is 29.8 Å². The Labute approximate surface area is 248 Å². The van der Waals surface area contributed by atoms with Gasteiger partial charge in [-0.2, -0.15) is 5.10 Å². The first kappa shape index (κ1) is 28.5. The summed E-state index contributed by atoms with van der Waals surface area (Å²) in [5, 5.41) is 17.9. The first-order valence-corrected chi connectivity index (χ1v) is 14.4. The molecule has 1 N–H and O–H groups in total. The Morgan fingerprint density at radius 3 is 2.56 bits per heavy atom. The smallest absolute Gasteiger partial charge is 0.253 e. The fraction of sp³-hybridized carbons (Fsp3) is 0.207. The zero-order chi connectivity index (χ0) is 28.9. The summed E-state index contributed by atoms with van der Waals surface area (Å²) in [6.45, 7) is 0.0971. The molecule has 0 saturated heterocycles. The van der Waals surface area contributed by atoms with Crippen LogP contribution in [0.2, 0.25) is 0 Å². The van der Waals surface area contributed by atoms with E-state index in [2.05, 4.69) is 31.4 Å². The van der Waals surface area contributed by atoms with Gasteiger partial charge < -0.3 is 14.6 Å². The summed E-state index contributed by atoms with van der Waals surface area (Å²) >= 11 is 4.70. The topological polar surface area (TPSA) is 102 Å². The Balaban J connectivity index is 1.27. The molecule has 2 amide bonds. The van der Waals surface area contributed by atoms with Crippen molar-refractivity contribution in [2.45, 2.75) is 24.2 Å². The highest BCUT2D eigenvalue weighted by Gasteiger charge is 2.33. The van der Waals surface area contributed by atoms with Crippen LogP contribution in [0.4, 0.5) is 4.39 Å². The fourth-order valence-electron chi connectivity index (χ4n) is 4.35. The van der Waals surface area contributed by atoms with Crippen molar-refractivity contribution >= 4 is 45.2 Å². The molecule has 2 heterocycles. The predicted octanol–water partition coefficient (Wildman–Crippen LogP) is 5.13. The lowest BCUT2D eigenvalue weighted by Crippen LogP contribution is -2.28. The summed E-state index contributed by atoms with van der Waals surface area (Å²) < 4.78 is 21.4. The van der Waals surface area contributed by atoms with E-state index in [1.54, 1.807) is 23.7 Å². The van der Waals surface area contributed by atoms with Crippen LogP contribution in [-0.4, -0.2) is 50.2 Å². The molecule has 0 bridgehead atoms. The predicted molar refractivity (Wildman–Crippen MR) is 157 cm³/mol. The molecule has 1 aliphatic rings. The van der Waals surface area contributed by atoms with Crippen molar-refractivity contribution in [3.8, 4) is 5.75 Å². The number of rotatable bonds is 9. The van der Waals surface area contributed by atoms with Crippen LogP contribution in [-0.2, 0) is 18.4 Å². The van der Waals surface area contributed by atoms with Crippen molar-refractivity contribution in [1.82, 2.24) is 25.1 Å². The van der Waals surface area contributed by atoms with Gasteiger partial charge in [-0.1, -0.05) is 58.0 Å². The van der Waals surface area contributed by atoms with E-state index >= 15 is 0 Å². The normalized spacial score (nSPS) is 14.6. The van der Waals surface area contributed by atoms with E-state index < -0.39 is 11.7 Å². The summed E-state index contributed by atoms with van der Waals surface area (Å²) in [7, 11) is 3.37. The minimum absolute atomic E-state index is 0.0887. The molecule has 210 valence electrons. The number of nitrogens with one attached hydrogen (secondary N) is 1. The standard InChI is InChI=1S/C29H26BrFN6O3S/c1-36-26(16-32-28(39)20-4-3-5-22(31)14-20)33-34-29(36)41-17-27(38)37-25(19-8-12-23(40-2)13-9-19)15-24(35-37)18-6-10-21(30)11-7-18/h3-14,25H,15-17H2,1-2H3,(H,32,39)/t25-/m0/s1. The summed E-state index contributed by atoms with van der Waals surface area (Å²) in [5.74, 6) is 0.241. The van der Waals surface area contributed by atoms with Gasteiger partial charge in [-0.3, -0.25) is 9.59 Å². The molecule has 1 aliphatic heterocycles. The highest BCUT2D eigenvalue weighted by Crippen LogP contribution is 2.34. The van der Waals surface area contributed by atoms with Crippen LogP contribution < -0.4 is 10.1 Å². The second kappa shape index (κ2) is 12.6. The highest BCUT2D eigenvalue weighted by molar-refractivity contribution is 9.10. The maximum absolute atomic E-state index is 13.5. The van der Waals surface area contributed by atoms with Gasteiger partial charge in [-0.25, -0.2) is 9.40 Å². The molecule has 9 nitrogen and oxygen atoms in total. The molecular weight excluding hydrogens is 611 g/mol. The first-order valence-electron chi connectivity index (χ1n) is 12.7. The number of thioether (sulfide) groups is 1. The Hall–Kier alpha value is -4.03.